The molecule has 2 aromatic carbocycles. The number of hydrogen-bond acceptors (Lipinski definition) is 6. The summed E-state index contributed by atoms with van der Waals surface area (Å²) < 4.78 is 5.49. The number of aromatic nitrogens is 1. The van der Waals surface area contributed by atoms with Crippen LogP contribution in [0, 0.1) is 0 Å². The van der Waals surface area contributed by atoms with Gasteiger partial charge in [-0.25, -0.2) is 14.6 Å². The van der Waals surface area contributed by atoms with E-state index in [1.807, 2.05) is 43.3 Å². The van der Waals surface area contributed by atoms with E-state index in [0.29, 0.717) is 12.8 Å². The largest absolute Gasteiger partial charge is 0.480 e. The second kappa shape index (κ2) is 10.5. The third kappa shape index (κ3) is 5.09. The Morgan fingerprint density at radius 3 is 2.35 bits per heavy atom. The third-order valence-corrected chi connectivity index (χ3v) is 6.64. The standard InChI is InChI=1S/C25H25N3O5S/c1-2-3-12-20(23(30)31)27-22(29)21-13-26-24(34-21)28-25(32)33-14-19-17-10-6-4-8-15(17)16-9-5-7-11-18(16)19/h4-11,13,19-20H,2-3,12,14H2,1H3,(H,27,29)(H,30,31)(H,26,28,32). The SMILES string of the molecule is CCCCC(NC(=O)c1cnc(NC(=O)OCC2c3ccccc3-c3ccccc32)s1)C(=O)O. The second-order valence-corrected chi connectivity index (χ2v) is 9.02. The lowest BCUT2D eigenvalue weighted by Crippen LogP contribution is -2.40. The van der Waals surface area contributed by atoms with E-state index in [-0.39, 0.29) is 22.5 Å². The molecule has 1 unspecified atom stereocenters. The van der Waals surface area contributed by atoms with Crippen LogP contribution in [0.25, 0.3) is 11.1 Å². The minimum atomic E-state index is -1.08. The third-order valence-electron chi connectivity index (χ3n) is 5.73. The molecule has 176 valence electrons. The lowest BCUT2D eigenvalue weighted by Gasteiger charge is -2.14. The van der Waals surface area contributed by atoms with Crippen LogP contribution >= 0.6 is 11.3 Å². The first-order chi connectivity index (χ1) is 16.5. The lowest BCUT2D eigenvalue weighted by atomic mass is 9.98. The molecular weight excluding hydrogens is 454 g/mol. The Morgan fingerprint density at radius 1 is 1.09 bits per heavy atom. The van der Waals surface area contributed by atoms with E-state index in [0.717, 1.165) is 40.0 Å². The number of hydrogen-bond donors (Lipinski definition) is 3. The number of carboxylic acid groups (broad SMARTS) is 1. The molecule has 0 radical (unpaired) electrons. The number of nitrogens with zero attached hydrogens (tertiary/aromatic N) is 1. The molecule has 1 aliphatic rings. The minimum absolute atomic E-state index is 0.0631. The fourth-order valence-corrected chi connectivity index (χ4v) is 4.76. The number of amides is 2. The van der Waals surface area contributed by atoms with Crippen molar-refractivity contribution in [3.8, 4) is 11.1 Å². The number of unbranched alkanes of at least 4 members (excludes halogenated alkanes) is 1. The van der Waals surface area contributed by atoms with Crippen LogP contribution in [0.1, 0.15) is 52.9 Å². The zero-order valence-electron chi connectivity index (χ0n) is 18.6. The summed E-state index contributed by atoms with van der Waals surface area (Å²) in [6.07, 6.45) is 2.50. The molecule has 9 heteroatoms. The van der Waals surface area contributed by atoms with Gasteiger partial charge in [0.05, 0.1) is 6.20 Å². The van der Waals surface area contributed by atoms with Crippen molar-refractivity contribution in [3.63, 3.8) is 0 Å². The molecule has 1 heterocycles. The summed E-state index contributed by atoms with van der Waals surface area (Å²) in [6, 6.07) is 15.2. The summed E-state index contributed by atoms with van der Waals surface area (Å²) in [5, 5.41) is 14.5. The molecule has 0 fully saturated rings. The predicted molar refractivity (Wildman–Crippen MR) is 129 cm³/mol. The first-order valence-electron chi connectivity index (χ1n) is 11.1. The summed E-state index contributed by atoms with van der Waals surface area (Å²) >= 11 is 0.954. The van der Waals surface area contributed by atoms with E-state index < -0.39 is 24.0 Å². The van der Waals surface area contributed by atoms with Crippen LogP contribution in [0.15, 0.2) is 54.7 Å². The molecule has 34 heavy (non-hydrogen) atoms. The quantitative estimate of drug-likeness (QED) is 0.403. The Balaban J connectivity index is 1.35. The number of nitrogens with one attached hydrogen (secondary N) is 2. The van der Waals surface area contributed by atoms with Gasteiger partial charge in [-0.1, -0.05) is 79.6 Å². The molecule has 0 saturated carbocycles. The molecule has 0 aliphatic heterocycles. The topological polar surface area (TPSA) is 118 Å². The van der Waals surface area contributed by atoms with Crippen molar-refractivity contribution in [2.24, 2.45) is 0 Å². The first kappa shape index (κ1) is 23.4. The molecule has 2 amide bonds. The van der Waals surface area contributed by atoms with Crippen LogP contribution in [-0.4, -0.2) is 40.7 Å². The van der Waals surface area contributed by atoms with Gasteiger partial charge in [-0.15, -0.1) is 0 Å². The maximum Gasteiger partial charge on any atom is 0.413 e. The van der Waals surface area contributed by atoms with Crippen molar-refractivity contribution in [3.05, 3.63) is 70.7 Å². The summed E-state index contributed by atoms with van der Waals surface area (Å²) in [4.78, 5) is 40.4. The minimum Gasteiger partial charge on any atom is -0.480 e. The van der Waals surface area contributed by atoms with Crippen molar-refractivity contribution in [1.29, 1.82) is 0 Å². The Hall–Kier alpha value is -3.72. The number of carboxylic acids is 1. The van der Waals surface area contributed by atoms with Gasteiger partial charge in [-0.05, 0) is 28.7 Å². The number of aliphatic carboxylic acids is 1. The van der Waals surface area contributed by atoms with Gasteiger partial charge in [-0.2, -0.15) is 0 Å². The number of carbonyl (C=O) groups is 3. The smallest absolute Gasteiger partial charge is 0.413 e. The fourth-order valence-electron chi connectivity index (χ4n) is 4.05. The summed E-state index contributed by atoms with van der Waals surface area (Å²) in [7, 11) is 0. The van der Waals surface area contributed by atoms with Gasteiger partial charge in [-0.3, -0.25) is 10.1 Å². The van der Waals surface area contributed by atoms with E-state index in [9.17, 15) is 19.5 Å². The zero-order valence-corrected chi connectivity index (χ0v) is 19.4. The lowest BCUT2D eigenvalue weighted by molar-refractivity contribution is -0.139. The molecular formula is C25H25N3O5S. The van der Waals surface area contributed by atoms with Gasteiger partial charge >= 0.3 is 12.1 Å². The number of anilines is 1. The molecule has 3 aromatic rings. The highest BCUT2D eigenvalue weighted by atomic mass is 32.1. The van der Waals surface area contributed by atoms with E-state index in [1.165, 1.54) is 6.20 Å². The van der Waals surface area contributed by atoms with Gasteiger partial charge in [0.2, 0.25) is 0 Å². The molecule has 0 spiro atoms. The highest BCUT2D eigenvalue weighted by Crippen LogP contribution is 2.44. The predicted octanol–water partition coefficient (Wildman–Crippen LogP) is 4.88. The van der Waals surface area contributed by atoms with Crippen LogP contribution in [0.5, 0.6) is 0 Å². The molecule has 1 aromatic heterocycles. The summed E-state index contributed by atoms with van der Waals surface area (Å²) in [6.45, 7) is 2.11. The number of ether oxygens (including phenoxy) is 1. The van der Waals surface area contributed by atoms with Gasteiger partial charge in [0.15, 0.2) is 5.13 Å². The highest BCUT2D eigenvalue weighted by Gasteiger charge is 2.29. The van der Waals surface area contributed by atoms with Crippen LogP contribution in [-0.2, 0) is 9.53 Å². The first-order valence-corrected chi connectivity index (χ1v) is 11.9. The normalized spacial score (nSPS) is 13.0. The van der Waals surface area contributed by atoms with Gasteiger partial charge in [0.1, 0.15) is 17.5 Å². The van der Waals surface area contributed by atoms with E-state index in [4.69, 9.17) is 4.74 Å². The van der Waals surface area contributed by atoms with Crippen molar-refractivity contribution in [1.82, 2.24) is 10.3 Å². The number of fused-ring (bicyclic) bond motifs is 3. The fraction of sp³-hybridized carbons (Fsp3) is 0.280. The Bertz CT molecular complexity index is 1160. The summed E-state index contributed by atoms with van der Waals surface area (Å²) in [5.74, 6) is -1.68. The van der Waals surface area contributed by atoms with Crippen molar-refractivity contribution in [2.75, 3.05) is 11.9 Å². The van der Waals surface area contributed by atoms with Gasteiger partial charge in [0.25, 0.3) is 5.91 Å². The van der Waals surface area contributed by atoms with Gasteiger partial charge in [0, 0.05) is 5.92 Å². The van der Waals surface area contributed by atoms with Crippen molar-refractivity contribution < 1.29 is 24.2 Å². The van der Waals surface area contributed by atoms with E-state index in [1.54, 1.807) is 0 Å². The van der Waals surface area contributed by atoms with Crippen LogP contribution in [0.4, 0.5) is 9.93 Å². The molecule has 4 rings (SSSR count). The number of thiazole rings is 1. The van der Waals surface area contributed by atoms with Crippen molar-refractivity contribution >= 4 is 34.4 Å². The average Bonchev–Trinajstić information content (AvgIpc) is 3.43. The molecule has 0 saturated heterocycles. The number of rotatable bonds is 9. The summed E-state index contributed by atoms with van der Waals surface area (Å²) in [5.41, 5.74) is 4.50. The van der Waals surface area contributed by atoms with E-state index >= 15 is 0 Å². The van der Waals surface area contributed by atoms with Crippen LogP contribution < -0.4 is 10.6 Å². The molecule has 1 atom stereocenters. The maximum atomic E-state index is 12.4. The number of benzene rings is 2. The molecule has 0 bridgehead atoms. The molecule has 8 nitrogen and oxygen atoms in total. The molecule has 1 aliphatic carbocycles. The van der Waals surface area contributed by atoms with Crippen molar-refractivity contribution in [2.45, 2.75) is 38.1 Å². The molecule has 3 N–H and O–H groups in total. The Labute approximate surface area is 201 Å². The maximum absolute atomic E-state index is 12.4. The monoisotopic (exact) mass is 479 g/mol. The van der Waals surface area contributed by atoms with E-state index in [2.05, 4.69) is 27.8 Å². The second-order valence-electron chi connectivity index (χ2n) is 7.99. The van der Waals surface area contributed by atoms with Crippen LogP contribution in [0.2, 0.25) is 0 Å². The van der Waals surface area contributed by atoms with Crippen LogP contribution in [0.3, 0.4) is 0 Å². The number of carbonyl (C=O) groups excluding carboxylic acids is 2. The highest BCUT2D eigenvalue weighted by molar-refractivity contribution is 7.17. The average molecular weight is 480 g/mol. The Kier molecular flexibility index (Phi) is 7.22. The zero-order chi connectivity index (χ0) is 24.1. The Morgan fingerprint density at radius 2 is 1.74 bits per heavy atom. The van der Waals surface area contributed by atoms with Gasteiger partial charge < -0.3 is 15.2 Å².